The van der Waals surface area contributed by atoms with Crippen LogP contribution in [-0.2, 0) is 13.0 Å². The van der Waals surface area contributed by atoms with Crippen molar-refractivity contribution in [1.29, 1.82) is 0 Å². The molecular weight excluding hydrogens is 404 g/mol. The molecule has 1 aromatic carbocycles. The van der Waals surface area contributed by atoms with Gasteiger partial charge in [0.05, 0.1) is 20.3 Å². The lowest BCUT2D eigenvalue weighted by Gasteiger charge is -2.41. The van der Waals surface area contributed by atoms with Gasteiger partial charge in [0, 0.05) is 38.8 Å². The number of benzene rings is 1. The van der Waals surface area contributed by atoms with E-state index in [1.807, 2.05) is 16.8 Å². The number of aromatic nitrogens is 4. The number of hydrogen-bond donors (Lipinski definition) is 0. The van der Waals surface area contributed by atoms with Gasteiger partial charge in [-0.05, 0) is 53.8 Å². The van der Waals surface area contributed by atoms with Gasteiger partial charge in [0.15, 0.2) is 17.3 Å². The molecule has 0 amide bonds. The third kappa shape index (κ3) is 5.23. The average Bonchev–Trinajstić information content (AvgIpc) is 3.53. The minimum Gasteiger partial charge on any atom is -0.493 e. The maximum Gasteiger partial charge on any atom is 0.168 e. The zero-order chi connectivity index (χ0) is 22.3. The van der Waals surface area contributed by atoms with Gasteiger partial charge in [0.25, 0.3) is 0 Å². The quantitative estimate of drug-likeness (QED) is 0.559. The van der Waals surface area contributed by atoms with Gasteiger partial charge in [-0.2, -0.15) is 0 Å². The predicted molar refractivity (Wildman–Crippen MR) is 124 cm³/mol. The Morgan fingerprint density at radius 2 is 1.78 bits per heavy atom. The molecule has 0 bridgehead atoms. The van der Waals surface area contributed by atoms with Crippen molar-refractivity contribution >= 4 is 0 Å². The second-order valence-corrected chi connectivity index (χ2v) is 9.01. The minimum absolute atomic E-state index is 0.283. The van der Waals surface area contributed by atoms with Crippen molar-refractivity contribution in [1.82, 2.24) is 30.0 Å². The first-order chi connectivity index (χ1) is 15.7. The topological polar surface area (TPSA) is 68.5 Å². The summed E-state index contributed by atoms with van der Waals surface area (Å²) in [7, 11) is 3.33. The van der Waals surface area contributed by atoms with Crippen LogP contribution in [0.5, 0.6) is 11.5 Å². The summed E-state index contributed by atoms with van der Waals surface area (Å²) in [6.45, 7) is 7.53. The lowest BCUT2D eigenvalue weighted by atomic mass is 10.1. The summed E-state index contributed by atoms with van der Waals surface area (Å²) in [4.78, 5) is 5.32. The molecule has 176 valence electrons. The third-order valence-corrected chi connectivity index (χ3v) is 7.11. The van der Waals surface area contributed by atoms with Crippen LogP contribution in [0.2, 0.25) is 0 Å². The first kappa shape index (κ1) is 23.0. The zero-order valence-electron chi connectivity index (χ0n) is 19.9. The molecule has 1 aliphatic carbocycles. The molecule has 2 aromatic rings. The van der Waals surface area contributed by atoms with Gasteiger partial charge >= 0.3 is 0 Å². The molecule has 2 heterocycles. The zero-order valence-corrected chi connectivity index (χ0v) is 19.9. The highest BCUT2D eigenvalue weighted by atomic mass is 16.5. The largest absolute Gasteiger partial charge is 0.493 e. The van der Waals surface area contributed by atoms with E-state index >= 15 is 0 Å². The summed E-state index contributed by atoms with van der Waals surface area (Å²) in [5.74, 6) is 2.51. The summed E-state index contributed by atoms with van der Waals surface area (Å²) in [6, 6.07) is 7.17. The second-order valence-electron chi connectivity index (χ2n) is 9.01. The van der Waals surface area contributed by atoms with Crippen molar-refractivity contribution in [2.24, 2.45) is 0 Å². The molecule has 0 N–H and O–H groups in total. The normalized spacial score (nSPS) is 19.3. The Hall–Kier alpha value is -2.19. The Bertz CT molecular complexity index is 843. The van der Waals surface area contributed by atoms with Crippen LogP contribution in [0, 0.1) is 0 Å². The highest BCUT2D eigenvalue weighted by Gasteiger charge is 2.31. The van der Waals surface area contributed by atoms with Gasteiger partial charge in [0.1, 0.15) is 0 Å². The lowest BCUT2D eigenvalue weighted by molar-refractivity contribution is 0.0626. The molecule has 0 radical (unpaired) electrons. The summed E-state index contributed by atoms with van der Waals surface area (Å²) in [5.41, 5.74) is 1.18. The highest BCUT2D eigenvalue weighted by molar-refractivity contribution is 5.42. The molecule has 1 saturated heterocycles. The van der Waals surface area contributed by atoms with Crippen LogP contribution >= 0.6 is 0 Å². The van der Waals surface area contributed by atoms with Crippen LogP contribution in [0.3, 0.4) is 0 Å². The average molecular weight is 443 g/mol. The van der Waals surface area contributed by atoms with Crippen LogP contribution in [0.15, 0.2) is 18.2 Å². The van der Waals surface area contributed by atoms with E-state index in [1.54, 1.807) is 14.2 Å². The van der Waals surface area contributed by atoms with Crippen molar-refractivity contribution in [2.75, 3.05) is 40.4 Å². The molecular formula is C24H38N6O2. The predicted octanol–water partition coefficient (Wildman–Crippen LogP) is 3.33. The molecule has 2 fully saturated rings. The Balaban J connectivity index is 1.41. The fourth-order valence-corrected chi connectivity index (χ4v) is 5.31. The fraction of sp³-hybridized carbons (Fsp3) is 0.708. The highest BCUT2D eigenvalue weighted by Crippen LogP contribution is 2.30. The molecule has 8 nitrogen and oxygen atoms in total. The van der Waals surface area contributed by atoms with Crippen LogP contribution in [0.4, 0.5) is 0 Å². The molecule has 1 unspecified atom stereocenters. The SMILES string of the molecule is CCCC(c1nnnn1CCc1ccc(OC)c(OC)c1)N1CCN(C2CCCC2)CC1. The molecule has 8 heteroatoms. The van der Waals surface area contributed by atoms with Crippen LogP contribution < -0.4 is 9.47 Å². The van der Waals surface area contributed by atoms with Gasteiger partial charge in [-0.25, -0.2) is 4.68 Å². The molecule has 0 spiro atoms. The maximum atomic E-state index is 5.45. The smallest absolute Gasteiger partial charge is 0.168 e. The number of nitrogens with zero attached hydrogens (tertiary/aromatic N) is 6. The van der Waals surface area contributed by atoms with Crippen molar-refractivity contribution in [2.45, 2.75) is 70.5 Å². The number of ether oxygens (including phenoxy) is 2. The van der Waals surface area contributed by atoms with E-state index in [1.165, 1.54) is 31.2 Å². The molecule has 1 atom stereocenters. The molecule has 1 aromatic heterocycles. The molecule has 32 heavy (non-hydrogen) atoms. The van der Waals surface area contributed by atoms with Crippen LogP contribution in [0.1, 0.15) is 62.9 Å². The molecule has 2 aliphatic rings. The molecule has 1 saturated carbocycles. The number of hydrogen-bond acceptors (Lipinski definition) is 7. The van der Waals surface area contributed by atoms with Gasteiger partial charge in [-0.1, -0.05) is 32.3 Å². The summed E-state index contributed by atoms with van der Waals surface area (Å²) < 4.78 is 12.8. The Morgan fingerprint density at radius 1 is 1.03 bits per heavy atom. The number of piperazine rings is 1. The van der Waals surface area contributed by atoms with E-state index in [0.717, 1.165) is 75.4 Å². The van der Waals surface area contributed by atoms with Crippen molar-refractivity contribution in [3.05, 3.63) is 29.6 Å². The summed E-state index contributed by atoms with van der Waals surface area (Å²) in [6.07, 6.45) is 8.61. The maximum absolute atomic E-state index is 5.45. The molecule has 1 aliphatic heterocycles. The summed E-state index contributed by atoms with van der Waals surface area (Å²) in [5, 5.41) is 12.9. The fourth-order valence-electron chi connectivity index (χ4n) is 5.31. The Labute approximate surface area is 191 Å². The van der Waals surface area contributed by atoms with Gasteiger partial charge in [-0.15, -0.1) is 5.10 Å². The van der Waals surface area contributed by atoms with Gasteiger partial charge in [-0.3, -0.25) is 9.80 Å². The number of methoxy groups -OCH3 is 2. The van der Waals surface area contributed by atoms with Crippen molar-refractivity contribution in [3.8, 4) is 11.5 Å². The van der Waals surface area contributed by atoms with E-state index in [9.17, 15) is 0 Å². The van der Waals surface area contributed by atoms with Gasteiger partial charge in [0.2, 0.25) is 0 Å². The van der Waals surface area contributed by atoms with E-state index in [0.29, 0.717) is 0 Å². The van der Waals surface area contributed by atoms with Crippen LogP contribution in [0.25, 0.3) is 0 Å². The Morgan fingerprint density at radius 3 is 2.47 bits per heavy atom. The standard InChI is InChI=1S/C24H38N6O2/c1-4-7-21(29-16-14-28(15-17-29)20-8-5-6-9-20)24-25-26-27-30(24)13-12-19-10-11-22(31-2)23(18-19)32-3/h10-11,18,20-21H,4-9,12-17H2,1-3H3. The van der Waals surface area contributed by atoms with Crippen molar-refractivity contribution < 1.29 is 9.47 Å². The monoisotopic (exact) mass is 442 g/mol. The van der Waals surface area contributed by atoms with Gasteiger partial charge < -0.3 is 9.47 Å². The summed E-state index contributed by atoms with van der Waals surface area (Å²) >= 11 is 0. The number of rotatable bonds is 10. The van der Waals surface area contributed by atoms with Crippen molar-refractivity contribution in [3.63, 3.8) is 0 Å². The Kier molecular flexibility index (Phi) is 7.97. The van der Waals surface area contributed by atoms with E-state index in [4.69, 9.17) is 9.47 Å². The first-order valence-electron chi connectivity index (χ1n) is 12.2. The van der Waals surface area contributed by atoms with Crippen LogP contribution in [-0.4, -0.2) is 76.4 Å². The molecule has 4 rings (SSSR count). The number of tetrazole rings is 1. The first-order valence-corrected chi connectivity index (χ1v) is 12.2. The van der Waals surface area contributed by atoms with E-state index in [2.05, 4.69) is 38.3 Å². The lowest BCUT2D eigenvalue weighted by Crippen LogP contribution is -2.50. The van der Waals surface area contributed by atoms with E-state index in [-0.39, 0.29) is 6.04 Å². The van der Waals surface area contributed by atoms with E-state index < -0.39 is 0 Å². The minimum atomic E-state index is 0.283. The number of aryl methyl sites for hydroxylation is 2. The second kappa shape index (κ2) is 11.1. The third-order valence-electron chi connectivity index (χ3n) is 7.11.